The van der Waals surface area contributed by atoms with Gasteiger partial charge in [-0.2, -0.15) is 0 Å². The van der Waals surface area contributed by atoms with Gasteiger partial charge in [-0.3, -0.25) is 4.90 Å². The first-order valence-corrected chi connectivity index (χ1v) is 7.55. The Morgan fingerprint density at radius 1 is 1.29 bits per heavy atom. The number of hydrogen-bond donors (Lipinski definition) is 0. The first-order chi connectivity index (χ1) is 10.1. The Kier molecular flexibility index (Phi) is 5.62. The number of benzene rings is 1. The van der Waals surface area contributed by atoms with Gasteiger partial charge in [0.05, 0.1) is 14.2 Å². The van der Waals surface area contributed by atoms with Crippen LogP contribution in [0.4, 0.5) is 0 Å². The van der Waals surface area contributed by atoms with Crippen molar-refractivity contribution in [1.29, 1.82) is 0 Å². The molecule has 1 heterocycles. The van der Waals surface area contributed by atoms with Crippen LogP contribution in [0.3, 0.4) is 0 Å². The summed E-state index contributed by atoms with van der Waals surface area (Å²) in [7, 11) is 3.31. The van der Waals surface area contributed by atoms with Gasteiger partial charge in [-0.15, -0.1) is 0 Å². The third-order valence-corrected chi connectivity index (χ3v) is 4.13. The minimum Gasteiger partial charge on any atom is -0.493 e. The Hall–Kier alpha value is -1.55. The van der Waals surface area contributed by atoms with E-state index in [0.29, 0.717) is 11.7 Å². The Morgan fingerprint density at radius 3 is 2.71 bits per heavy atom. The summed E-state index contributed by atoms with van der Waals surface area (Å²) in [5, 5.41) is 0. The molecule has 1 fully saturated rings. The summed E-state index contributed by atoms with van der Waals surface area (Å²) in [4.78, 5) is 13.5. The Bertz CT molecular complexity index is 487. The van der Waals surface area contributed by atoms with Gasteiger partial charge in [-0.25, -0.2) is 0 Å². The molecule has 1 aromatic carbocycles. The highest BCUT2D eigenvalue weighted by atomic mass is 16.5. The second-order valence-corrected chi connectivity index (χ2v) is 5.82. The third kappa shape index (κ3) is 4.46. The minimum absolute atomic E-state index is 0.299. The van der Waals surface area contributed by atoms with Gasteiger partial charge >= 0.3 is 0 Å². The van der Waals surface area contributed by atoms with Gasteiger partial charge in [0.1, 0.15) is 5.78 Å². The van der Waals surface area contributed by atoms with E-state index in [1.807, 2.05) is 12.1 Å². The van der Waals surface area contributed by atoms with Crippen LogP contribution in [0.25, 0.3) is 0 Å². The maximum absolute atomic E-state index is 11.1. The molecule has 1 aliphatic heterocycles. The number of ether oxygens (including phenoxy) is 2. The Labute approximate surface area is 127 Å². The van der Waals surface area contributed by atoms with E-state index in [1.165, 1.54) is 12.0 Å². The molecular formula is C17H25NO3. The molecule has 1 atom stereocenters. The fraction of sp³-hybridized carbons (Fsp3) is 0.588. The highest BCUT2D eigenvalue weighted by Gasteiger charge is 2.22. The highest BCUT2D eigenvalue weighted by molar-refractivity contribution is 5.75. The molecule has 0 N–H and O–H groups in total. The zero-order valence-electron chi connectivity index (χ0n) is 13.2. The molecule has 4 heteroatoms. The molecule has 21 heavy (non-hydrogen) atoms. The molecule has 0 saturated carbocycles. The zero-order chi connectivity index (χ0) is 15.2. The number of hydrogen-bond acceptors (Lipinski definition) is 4. The van der Waals surface area contributed by atoms with Crippen LogP contribution >= 0.6 is 0 Å². The average Bonchev–Trinajstić information content (AvgIpc) is 2.92. The second-order valence-electron chi connectivity index (χ2n) is 5.82. The number of likely N-dealkylation sites (tertiary alicyclic amines) is 1. The number of nitrogens with zero attached hydrogens (tertiary/aromatic N) is 1. The van der Waals surface area contributed by atoms with Gasteiger partial charge in [-0.05, 0) is 49.9 Å². The molecule has 1 unspecified atom stereocenters. The van der Waals surface area contributed by atoms with Crippen molar-refractivity contribution in [3.63, 3.8) is 0 Å². The van der Waals surface area contributed by atoms with E-state index in [9.17, 15) is 4.79 Å². The van der Waals surface area contributed by atoms with Crippen molar-refractivity contribution in [3.8, 4) is 11.5 Å². The topological polar surface area (TPSA) is 38.8 Å². The molecular weight excluding hydrogens is 266 g/mol. The van der Waals surface area contributed by atoms with E-state index in [1.54, 1.807) is 21.1 Å². The summed E-state index contributed by atoms with van der Waals surface area (Å²) >= 11 is 0. The number of ketones is 1. The van der Waals surface area contributed by atoms with Crippen molar-refractivity contribution in [1.82, 2.24) is 4.90 Å². The molecule has 1 aromatic rings. The van der Waals surface area contributed by atoms with Crippen LogP contribution in [0.2, 0.25) is 0 Å². The van der Waals surface area contributed by atoms with Gasteiger partial charge in [-0.1, -0.05) is 6.07 Å². The van der Waals surface area contributed by atoms with Crippen molar-refractivity contribution in [2.24, 2.45) is 5.92 Å². The molecule has 0 aliphatic carbocycles. The Morgan fingerprint density at radius 2 is 2.05 bits per heavy atom. The van der Waals surface area contributed by atoms with Crippen LogP contribution in [0.5, 0.6) is 11.5 Å². The quantitative estimate of drug-likeness (QED) is 0.774. The largest absolute Gasteiger partial charge is 0.493 e. The summed E-state index contributed by atoms with van der Waals surface area (Å²) in [6.07, 6.45) is 2.94. The van der Waals surface area contributed by atoms with E-state index in [0.717, 1.165) is 44.0 Å². The van der Waals surface area contributed by atoms with E-state index in [2.05, 4.69) is 11.0 Å². The molecule has 4 nitrogen and oxygen atoms in total. The van der Waals surface area contributed by atoms with E-state index >= 15 is 0 Å². The zero-order valence-corrected chi connectivity index (χ0v) is 13.2. The van der Waals surface area contributed by atoms with E-state index in [4.69, 9.17) is 9.47 Å². The SMILES string of the molecule is COc1ccc(CN2CCC(CCC(C)=O)C2)cc1OC. The lowest BCUT2D eigenvalue weighted by molar-refractivity contribution is -0.117. The smallest absolute Gasteiger partial charge is 0.161 e. The molecule has 0 amide bonds. The van der Waals surface area contributed by atoms with Crippen molar-refractivity contribution in [2.45, 2.75) is 32.7 Å². The van der Waals surface area contributed by atoms with Gasteiger partial charge in [0, 0.05) is 19.5 Å². The molecule has 0 bridgehead atoms. The van der Waals surface area contributed by atoms with Gasteiger partial charge in [0.25, 0.3) is 0 Å². The molecule has 0 aromatic heterocycles. The van der Waals surface area contributed by atoms with E-state index in [-0.39, 0.29) is 0 Å². The van der Waals surface area contributed by atoms with Crippen LogP contribution in [0.15, 0.2) is 18.2 Å². The van der Waals surface area contributed by atoms with Crippen molar-refractivity contribution in [2.75, 3.05) is 27.3 Å². The highest BCUT2D eigenvalue weighted by Crippen LogP contribution is 2.29. The number of methoxy groups -OCH3 is 2. The average molecular weight is 291 g/mol. The molecule has 1 saturated heterocycles. The lowest BCUT2D eigenvalue weighted by atomic mass is 10.0. The van der Waals surface area contributed by atoms with E-state index < -0.39 is 0 Å². The fourth-order valence-corrected chi connectivity index (χ4v) is 2.94. The lowest BCUT2D eigenvalue weighted by Gasteiger charge is -2.17. The monoisotopic (exact) mass is 291 g/mol. The lowest BCUT2D eigenvalue weighted by Crippen LogP contribution is -2.20. The van der Waals surface area contributed by atoms with Gasteiger partial charge in [0.15, 0.2) is 11.5 Å². The second kappa shape index (κ2) is 7.46. The predicted molar refractivity (Wildman–Crippen MR) is 82.8 cm³/mol. The number of carbonyl (C=O) groups excluding carboxylic acids is 1. The minimum atomic E-state index is 0.299. The van der Waals surface area contributed by atoms with Crippen molar-refractivity contribution in [3.05, 3.63) is 23.8 Å². The van der Waals surface area contributed by atoms with Crippen LogP contribution < -0.4 is 9.47 Å². The maximum atomic E-state index is 11.1. The van der Waals surface area contributed by atoms with Crippen LogP contribution in [0, 0.1) is 5.92 Å². The summed E-state index contributed by atoms with van der Waals surface area (Å²) in [6, 6.07) is 6.09. The summed E-state index contributed by atoms with van der Waals surface area (Å²) in [5.74, 6) is 2.51. The first-order valence-electron chi connectivity index (χ1n) is 7.55. The van der Waals surface area contributed by atoms with Crippen molar-refractivity contribution < 1.29 is 14.3 Å². The molecule has 1 aliphatic rings. The maximum Gasteiger partial charge on any atom is 0.161 e. The number of Topliss-reactive ketones (excluding diaryl/α,β-unsaturated/α-hetero) is 1. The molecule has 0 spiro atoms. The first kappa shape index (κ1) is 15.8. The summed E-state index contributed by atoms with van der Waals surface area (Å²) < 4.78 is 10.6. The van der Waals surface area contributed by atoms with Crippen LogP contribution in [-0.4, -0.2) is 38.0 Å². The molecule has 2 rings (SSSR count). The number of carbonyl (C=O) groups is 1. The van der Waals surface area contributed by atoms with Gasteiger partial charge < -0.3 is 14.3 Å². The summed E-state index contributed by atoms with van der Waals surface area (Å²) in [6.45, 7) is 4.80. The van der Waals surface area contributed by atoms with Crippen molar-refractivity contribution >= 4 is 5.78 Å². The standard InChI is InChI=1S/C17H25NO3/c1-13(19)4-5-14-8-9-18(11-14)12-15-6-7-16(20-2)17(10-15)21-3/h6-7,10,14H,4-5,8-9,11-12H2,1-3H3. The molecule has 0 radical (unpaired) electrons. The fourth-order valence-electron chi connectivity index (χ4n) is 2.94. The van der Waals surface area contributed by atoms with Gasteiger partial charge in [0.2, 0.25) is 0 Å². The molecule has 116 valence electrons. The van der Waals surface area contributed by atoms with Crippen LogP contribution in [0.1, 0.15) is 31.7 Å². The number of rotatable bonds is 7. The predicted octanol–water partition coefficient (Wildman–Crippen LogP) is 2.89. The summed E-state index contributed by atoms with van der Waals surface area (Å²) in [5.41, 5.74) is 1.24. The Balaban J connectivity index is 1.89. The third-order valence-electron chi connectivity index (χ3n) is 4.13. The van der Waals surface area contributed by atoms with Crippen LogP contribution in [-0.2, 0) is 11.3 Å². The normalized spacial score (nSPS) is 18.7.